The zero-order valence-electron chi connectivity index (χ0n) is 12.1. The number of pyridine rings is 1. The Bertz CT molecular complexity index is 654. The molecule has 0 atom stereocenters. The Morgan fingerprint density at radius 1 is 1.32 bits per heavy atom. The van der Waals surface area contributed by atoms with Crippen molar-refractivity contribution >= 4 is 5.91 Å². The van der Waals surface area contributed by atoms with Gasteiger partial charge in [-0.05, 0) is 42.5 Å². The van der Waals surface area contributed by atoms with E-state index in [0.29, 0.717) is 17.4 Å². The molecule has 1 aliphatic rings. The van der Waals surface area contributed by atoms with Gasteiger partial charge in [0.05, 0.1) is 5.56 Å². The molecule has 1 aromatic heterocycles. The molecular formula is C17H17FN2O2. The molecule has 0 saturated heterocycles. The fourth-order valence-corrected chi connectivity index (χ4v) is 2.05. The van der Waals surface area contributed by atoms with Gasteiger partial charge in [-0.15, -0.1) is 0 Å². The van der Waals surface area contributed by atoms with E-state index in [0.717, 1.165) is 12.1 Å². The maximum absolute atomic E-state index is 13.1. The number of nitrogens with zero attached hydrogens (tertiary/aromatic N) is 1. The average molecular weight is 300 g/mol. The summed E-state index contributed by atoms with van der Waals surface area (Å²) in [5.41, 5.74) is 1.24. The van der Waals surface area contributed by atoms with Crippen LogP contribution in [0, 0.1) is 11.7 Å². The van der Waals surface area contributed by atoms with Crippen LogP contribution >= 0.6 is 0 Å². The number of hydrogen-bond donors (Lipinski definition) is 1. The number of aromatic nitrogens is 1. The van der Waals surface area contributed by atoms with Gasteiger partial charge in [0.2, 0.25) is 5.88 Å². The van der Waals surface area contributed by atoms with E-state index in [-0.39, 0.29) is 18.3 Å². The lowest BCUT2D eigenvalue weighted by molar-refractivity contribution is 0.0951. The number of hydrogen-bond acceptors (Lipinski definition) is 3. The Labute approximate surface area is 128 Å². The zero-order valence-corrected chi connectivity index (χ0v) is 12.1. The van der Waals surface area contributed by atoms with Crippen LogP contribution in [-0.2, 0) is 6.61 Å². The van der Waals surface area contributed by atoms with E-state index in [4.69, 9.17) is 4.74 Å². The minimum atomic E-state index is -0.295. The van der Waals surface area contributed by atoms with E-state index < -0.39 is 0 Å². The summed E-state index contributed by atoms with van der Waals surface area (Å²) in [4.78, 5) is 16.0. The standard InChI is InChI=1S/C17H17FN2O2/c18-15-3-1-2-13(8-15)11-22-16-7-6-14(10-19-16)17(21)20-9-12-4-5-12/h1-3,6-8,10,12H,4-5,9,11H2,(H,20,21). The van der Waals surface area contributed by atoms with Crippen molar-refractivity contribution in [3.63, 3.8) is 0 Å². The first-order valence-corrected chi connectivity index (χ1v) is 7.32. The van der Waals surface area contributed by atoms with Gasteiger partial charge in [-0.1, -0.05) is 12.1 Å². The number of halogens is 1. The molecule has 5 heteroatoms. The summed E-state index contributed by atoms with van der Waals surface area (Å²) in [6, 6.07) is 9.54. The maximum atomic E-state index is 13.1. The van der Waals surface area contributed by atoms with Crippen molar-refractivity contribution in [3.8, 4) is 5.88 Å². The van der Waals surface area contributed by atoms with Gasteiger partial charge in [0.25, 0.3) is 5.91 Å². The second kappa shape index (κ2) is 6.56. The summed E-state index contributed by atoms with van der Waals surface area (Å²) in [5.74, 6) is 0.640. The molecular weight excluding hydrogens is 283 g/mol. The highest BCUT2D eigenvalue weighted by Gasteiger charge is 2.21. The first-order chi connectivity index (χ1) is 10.7. The van der Waals surface area contributed by atoms with E-state index in [9.17, 15) is 9.18 Å². The zero-order chi connectivity index (χ0) is 15.4. The van der Waals surface area contributed by atoms with Crippen LogP contribution in [0.4, 0.5) is 4.39 Å². The minimum Gasteiger partial charge on any atom is -0.473 e. The number of carbonyl (C=O) groups excluding carboxylic acids is 1. The summed E-state index contributed by atoms with van der Waals surface area (Å²) in [6.07, 6.45) is 3.89. The van der Waals surface area contributed by atoms with Gasteiger partial charge >= 0.3 is 0 Å². The molecule has 1 aliphatic carbocycles. The van der Waals surface area contributed by atoms with Crippen molar-refractivity contribution in [2.75, 3.05) is 6.54 Å². The van der Waals surface area contributed by atoms with Gasteiger partial charge in [-0.3, -0.25) is 4.79 Å². The van der Waals surface area contributed by atoms with Gasteiger partial charge in [-0.2, -0.15) is 0 Å². The molecule has 1 fully saturated rings. The summed E-state index contributed by atoms with van der Waals surface area (Å²) < 4.78 is 18.5. The molecule has 0 spiro atoms. The molecule has 0 bridgehead atoms. The lowest BCUT2D eigenvalue weighted by Crippen LogP contribution is -2.25. The molecule has 114 valence electrons. The molecule has 0 unspecified atom stereocenters. The highest BCUT2D eigenvalue weighted by Crippen LogP contribution is 2.27. The van der Waals surface area contributed by atoms with Crippen LogP contribution < -0.4 is 10.1 Å². The van der Waals surface area contributed by atoms with Crippen molar-refractivity contribution in [3.05, 3.63) is 59.5 Å². The van der Waals surface area contributed by atoms with E-state index in [1.165, 1.54) is 31.2 Å². The van der Waals surface area contributed by atoms with Gasteiger partial charge in [0, 0.05) is 18.8 Å². The second-order valence-corrected chi connectivity index (χ2v) is 5.46. The number of amides is 1. The van der Waals surface area contributed by atoms with Crippen molar-refractivity contribution in [1.29, 1.82) is 0 Å². The van der Waals surface area contributed by atoms with E-state index in [2.05, 4.69) is 10.3 Å². The van der Waals surface area contributed by atoms with Gasteiger partial charge in [0.15, 0.2) is 0 Å². The molecule has 1 N–H and O–H groups in total. The normalized spacial score (nSPS) is 13.7. The summed E-state index contributed by atoms with van der Waals surface area (Å²) in [7, 11) is 0. The molecule has 1 amide bonds. The largest absolute Gasteiger partial charge is 0.473 e. The molecule has 2 aromatic rings. The van der Waals surface area contributed by atoms with Gasteiger partial charge in [-0.25, -0.2) is 9.37 Å². The predicted molar refractivity (Wildman–Crippen MR) is 80.0 cm³/mol. The lowest BCUT2D eigenvalue weighted by Gasteiger charge is -2.07. The fraction of sp³-hybridized carbons (Fsp3) is 0.294. The molecule has 1 aromatic carbocycles. The van der Waals surface area contributed by atoms with Crippen molar-refractivity contribution in [2.45, 2.75) is 19.4 Å². The maximum Gasteiger partial charge on any atom is 0.252 e. The summed E-state index contributed by atoms with van der Waals surface area (Å²) in [6.45, 7) is 0.967. The average Bonchev–Trinajstić information content (AvgIpc) is 3.35. The van der Waals surface area contributed by atoms with Crippen LogP contribution in [0.1, 0.15) is 28.8 Å². The minimum absolute atomic E-state index is 0.115. The Morgan fingerprint density at radius 3 is 2.86 bits per heavy atom. The molecule has 0 aliphatic heterocycles. The summed E-state index contributed by atoms with van der Waals surface area (Å²) in [5, 5.41) is 2.88. The molecule has 1 heterocycles. The van der Waals surface area contributed by atoms with Crippen LogP contribution in [0.25, 0.3) is 0 Å². The van der Waals surface area contributed by atoms with Crippen LogP contribution in [0.5, 0.6) is 5.88 Å². The number of rotatable bonds is 6. The van der Waals surface area contributed by atoms with Gasteiger partial charge in [0.1, 0.15) is 12.4 Å². The van der Waals surface area contributed by atoms with Crippen LogP contribution in [-0.4, -0.2) is 17.4 Å². The highest BCUT2D eigenvalue weighted by atomic mass is 19.1. The quantitative estimate of drug-likeness (QED) is 0.892. The van der Waals surface area contributed by atoms with Crippen LogP contribution in [0.15, 0.2) is 42.6 Å². The third-order valence-corrected chi connectivity index (χ3v) is 3.52. The molecule has 0 radical (unpaired) electrons. The Kier molecular flexibility index (Phi) is 4.32. The number of carbonyl (C=O) groups is 1. The monoisotopic (exact) mass is 300 g/mol. The van der Waals surface area contributed by atoms with Crippen molar-refractivity contribution < 1.29 is 13.9 Å². The topological polar surface area (TPSA) is 51.2 Å². The molecule has 4 nitrogen and oxygen atoms in total. The first-order valence-electron chi connectivity index (χ1n) is 7.32. The van der Waals surface area contributed by atoms with Crippen molar-refractivity contribution in [2.24, 2.45) is 5.92 Å². The third-order valence-electron chi connectivity index (χ3n) is 3.52. The van der Waals surface area contributed by atoms with Crippen LogP contribution in [0.3, 0.4) is 0 Å². The van der Waals surface area contributed by atoms with E-state index >= 15 is 0 Å². The Morgan fingerprint density at radius 2 is 2.18 bits per heavy atom. The summed E-state index contributed by atoms with van der Waals surface area (Å²) >= 11 is 0. The third kappa shape index (κ3) is 4.04. The number of ether oxygens (including phenoxy) is 1. The van der Waals surface area contributed by atoms with E-state index in [1.54, 1.807) is 24.3 Å². The fourth-order valence-electron chi connectivity index (χ4n) is 2.05. The second-order valence-electron chi connectivity index (χ2n) is 5.46. The Balaban J connectivity index is 1.53. The number of nitrogens with one attached hydrogen (secondary N) is 1. The molecule has 1 saturated carbocycles. The highest BCUT2D eigenvalue weighted by molar-refractivity contribution is 5.93. The molecule has 3 rings (SSSR count). The SMILES string of the molecule is O=C(NCC1CC1)c1ccc(OCc2cccc(F)c2)nc1. The van der Waals surface area contributed by atoms with Crippen molar-refractivity contribution in [1.82, 2.24) is 10.3 Å². The van der Waals surface area contributed by atoms with Gasteiger partial charge < -0.3 is 10.1 Å². The first kappa shape index (κ1) is 14.5. The number of benzene rings is 1. The molecule has 22 heavy (non-hydrogen) atoms. The smallest absolute Gasteiger partial charge is 0.252 e. The Hall–Kier alpha value is -2.43. The predicted octanol–water partition coefficient (Wildman–Crippen LogP) is 2.94. The van der Waals surface area contributed by atoms with Crippen LogP contribution in [0.2, 0.25) is 0 Å². The lowest BCUT2D eigenvalue weighted by atomic mass is 10.2. The van der Waals surface area contributed by atoms with E-state index in [1.807, 2.05) is 0 Å².